The third-order valence-electron chi connectivity index (χ3n) is 4.11. The average Bonchev–Trinajstić information content (AvgIpc) is 2.64. The lowest BCUT2D eigenvalue weighted by Gasteiger charge is -2.30. The molecule has 2 heterocycles. The van der Waals surface area contributed by atoms with E-state index in [0.717, 1.165) is 43.5 Å². The molecular formula is C14H23N3O2. The number of carboxylic acid groups (broad SMARTS) is 1. The molecule has 0 saturated carbocycles. The molecule has 1 fully saturated rings. The number of aryl methyl sites for hydroxylation is 1. The van der Waals surface area contributed by atoms with Crippen molar-refractivity contribution in [2.45, 2.75) is 51.6 Å². The Labute approximate surface area is 114 Å². The van der Waals surface area contributed by atoms with Crippen molar-refractivity contribution >= 4 is 5.97 Å². The zero-order valence-electron chi connectivity index (χ0n) is 11.8. The lowest BCUT2D eigenvalue weighted by Crippen LogP contribution is -2.42. The summed E-state index contributed by atoms with van der Waals surface area (Å²) in [4.78, 5) is 13.6. The maximum Gasteiger partial charge on any atom is 0.320 e. The minimum absolute atomic E-state index is 0.347. The molecule has 5 heteroatoms. The highest BCUT2D eigenvalue weighted by Gasteiger charge is 2.26. The number of hydrogen-bond donors (Lipinski definition) is 1. The van der Waals surface area contributed by atoms with E-state index in [2.05, 4.69) is 10.00 Å². The number of likely N-dealkylation sites (tertiary alicyclic amines) is 1. The van der Waals surface area contributed by atoms with Gasteiger partial charge < -0.3 is 5.11 Å². The molecule has 1 saturated heterocycles. The van der Waals surface area contributed by atoms with Gasteiger partial charge in [-0.05, 0) is 26.3 Å². The summed E-state index contributed by atoms with van der Waals surface area (Å²) in [5.41, 5.74) is 2.25. The fraction of sp³-hybridized carbons (Fsp3) is 0.714. The van der Waals surface area contributed by atoms with Gasteiger partial charge in [0.05, 0.1) is 6.20 Å². The summed E-state index contributed by atoms with van der Waals surface area (Å²) in [6.07, 6.45) is 7.07. The Balaban J connectivity index is 2.13. The van der Waals surface area contributed by atoms with E-state index in [1.54, 1.807) is 0 Å². The van der Waals surface area contributed by atoms with E-state index in [4.69, 9.17) is 0 Å². The first-order valence-electron chi connectivity index (χ1n) is 7.04. The predicted molar refractivity (Wildman–Crippen MR) is 72.9 cm³/mol. The first kappa shape index (κ1) is 14.1. The largest absolute Gasteiger partial charge is 0.480 e. The van der Waals surface area contributed by atoms with E-state index >= 15 is 0 Å². The van der Waals surface area contributed by atoms with Crippen LogP contribution in [0.2, 0.25) is 0 Å². The second-order valence-corrected chi connectivity index (χ2v) is 5.41. The molecule has 1 N–H and O–H groups in total. The SMILES string of the molecule is Cc1c(CN2CCCCCCC2C(=O)O)cnn1C. The summed E-state index contributed by atoms with van der Waals surface area (Å²) in [5, 5.41) is 13.7. The Morgan fingerprint density at radius 1 is 1.42 bits per heavy atom. The van der Waals surface area contributed by atoms with E-state index in [-0.39, 0.29) is 6.04 Å². The highest BCUT2D eigenvalue weighted by atomic mass is 16.4. The number of nitrogens with zero attached hydrogens (tertiary/aromatic N) is 3. The quantitative estimate of drug-likeness (QED) is 0.907. The van der Waals surface area contributed by atoms with Crippen molar-refractivity contribution in [1.82, 2.24) is 14.7 Å². The van der Waals surface area contributed by atoms with E-state index in [9.17, 15) is 9.90 Å². The highest BCUT2D eigenvalue weighted by molar-refractivity contribution is 5.73. The highest BCUT2D eigenvalue weighted by Crippen LogP contribution is 2.20. The molecule has 0 aliphatic carbocycles. The fourth-order valence-corrected chi connectivity index (χ4v) is 2.73. The fourth-order valence-electron chi connectivity index (χ4n) is 2.73. The van der Waals surface area contributed by atoms with Gasteiger partial charge in [0.2, 0.25) is 0 Å². The maximum absolute atomic E-state index is 11.4. The molecule has 1 atom stereocenters. The van der Waals surface area contributed by atoms with Gasteiger partial charge in [-0.2, -0.15) is 5.10 Å². The lowest BCUT2D eigenvalue weighted by molar-refractivity contribution is -0.144. The molecule has 0 bridgehead atoms. The second-order valence-electron chi connectivity index (χ2n) is 5.41. The van der Waals surface area contributed by atoms with Crippen LogP contribution in [0.15, 0.2) is 6.20 Å². The molecule has 1 aliphatic heterocycles. The molecule has 0 amide bonds. The first-order valence-corrected chi connectivity index (χ1v) is 7.04. The van der Waals surface area contributed by atoms with Crippen molar-refractivity contribution in [3.05, 3.63) is 17.5 Å². The van der Waals surface area contributed by atoms with Crippen molar-refractivity contribution in [2.75, 3.05) is 6.54 Å². The van der Waals surface area contributed by atoms with Gasteiger partial charge in [-0.3, -0.25) is 14.4 Å². The van der Waals surface area contributed by atoms with Crippen molar-refractivity contribution in [2.24, 2.45) is 7.05 Å². The zero-order valence-corrected chi connectivity index (χ0v) is 11.8. The van der Waals surface area contributed by atoms with Crippen molar-refractivity contribution < 1.29 is 9.90 Å². The number of hydrogen-bond acceptors (Lipinski definition) is 3. The summed E-state index contributed by atoms with van der Waals surface area (Å²) in [6.45, 7) is 3.59. The molecule has 0 radical (unpaired) electrons. The van der Waals surface area contributed by atoms with Crippen LogP contribution in [0.5, 0.6) is 0 Å². The average molecular weight is 265 g/mol. The molecule has 1 aromatic heterocycles. The third kappa shape index (κ3) is 3.35. The molecule has 0 spiro atoms. The Morgan fingerprint density at radius 2 is 2.16 bits per heavy atom. The first-order chi connectivity index (χ1) is 9.09. The van der Waals surface area contributed by atoms with Crippen LogP contribution >= 0.6 is 0 Å². The monoisotopic (exact) mass is 265 g/mol. The van der Waals surface area contributed by atoms with Crippen LogP contribution in [0.3, 0.4) is 0 Å². The second kappa shape index (κ2) is 6.19. The number of rotatable bonds is 3. The van der Waals surface area contributed by atoms with Gasteiger partial charge in [0, 0.05) is 24.8 Å². The van der Waals surface area contributed by atoms with Gasteiger partial charge in [0.25, 0.3) is 0 Å². The van der Waals surface area contributed by atoms with Gasteiger partial charge in [0.15, 0.2) is 0 Å². The van der Waals surface area contributed by atoms with Crippen LogP contribution in [-0.4, -0.2) is 38.3 Å². The molecule has 1 aromatic rings. The van der Waals surface area contributed by atoms with Crippen LogP contribution in [0.4, 0.5) is 0 Å². The smallest absolute Gasteiger partial charge is 0.320 e. The summed E-state index contributed by atoms with van der Waals surface area (Å²) in [6, 6.07) is -0.347. The van der Waals surface area contributed by atoms with Crippen LogP contribution in [0.1, 0.15) is 43.4 Å². The van der Waals surface area contributed by atoms with E-state index in [0.29, 0.717) is 6.54 Å². The van der Waals surface area contributed by atoms with Gasteiger partial charge in [-0.25, -0.2) is 0 Å². The molecule has 19 heavy (non-hydrogen) atoms. The Morgan fingerprint density at radius 3 is 2.79 bits per heavy atom. The number of carboxylic acids is 1. The molecule has 106 valence electrons. The van der Waals surface area contributed by atoms with E-state index in [1.165, 1.54) is 6.42 Å². The number of aliphatic carboxylic acids is 1. The van der Waals surface area contributed by atoms with Crippen LogP contribution in [0.25, 0.3) is 0 Å². The Kier molecular flexibility index (Phi) is 4.58. The van der Waals surface area contributed by atoms with E-state index < -0.39 is 5.97 Å². The summed E-state index contributed by atoms with van der Waals surface area (Å²) >= 11 is 0. The van der Waals surface area contributed by atoms with Gasteiger partial charge in [-0.1, -0.05) is 19.3 Å². The standard InChI is InChI=1S/C14H23N3O2/c1-11-12(9-15-16(11)2)10-17-8-6-4-3-5-7-13(17)14(18)19/h9,13H,3-8,10H2,1-2H3,(H,18,19). The number of aromatic nitrogens is 2. The van der Waals surface area contributed by atoms with Crippen molar-refractivity contribution in [1.29, 1.82) is 0 Å². The number of carbonyl (C=O) groups is 1. The Bertz CT molecular complexity index is 442. The maximum atomic E-state index is 11.4. The normalized spacial score (nSPS) is 21.9. The molecule has 0 aromatic carbocycles. The zero-order chi connectivity index (χ0) is 13.8. The summed E-state index contributed by atoms with van der Waals surface area (Å²) < 4.78 is 1.84. The van der Waals surface area contributed by atoms with Crippen molar-refractivity contribution in [3.8, 4) is 0 Å². The van der Waals surface area contributed by atoms with Gasteiger partial charge in [0.1, 0.15) is 6.04 Å². The van der Waals surface area contributed by atoms with E-state index in [1.807, 2.05) is 24.9 Å². The minimum atomic E-state index is -0.691. The van der Waals surface area contributed by atoms with Crippen molar-refractivity contribution in [3.63, 3.8) is 0 Å². The summed E-state index contributed by atoms with van der Waals surface area (Å²) in [5.74, 6) is -0.691. The van der Waals surface area contributed by atoms with Gasteiger partial charge >= 0.3 is 5.97 Å². The van der Waals surface area contributed by atoms with Crippen LogP contribution in [-0.2, 0) is 18.4 Å². The lowest BCUT2D eigenvalue weighted by atomic mass is 10.0. The molecule has 2 rings (SSSR count). The molecule has 1 unspecified atom stereocenters. The molecule has 5 nitrogen and oxygen atoms in total. The Hall–Kier alpha value is -1.36. The van der Waals surface area contributed by atoms with Crippen LogP contribution < -0.4 is 0 Å². The summed E-state index contributed by atoms with van der Waals surface area (Å²) in [7, 11) is 1.92. The molecule has 1 aliphatic rings. The minimum Gasteiger partial charge on any atom is -0.480 e. The van der Waals surface area contributed by atoms with Crippen LogP contribution in [0, 0.1) is 6.92 Å². The topological polar surface area (TPSA) is 58.4 Å². The molecular weight excluding hydrogens is 242 g/mol. The predicted octanol–water partition coefficient (Wildman–Crippen LogP) is 1.95. The third-order valence-corrected chi connectivity index (χ3v) is 4.11. The van der Waals surface area contributed by atoms with Gasteiger partial charge in [-0.15, -0.1) is 0 Å².